The van der Waals surface area contributed by atoms with Crippen LogP contribution in [0, 0.1) is 0 Å². The number of rotatable bonds is 7. The topological polar surface area (TPSA) is 33.3 Å². The average Bonchev–Trinajstić information content (AvgIpc) is 2.39. The van der Waals surface area contributed by atoms with Crippen molar-refractivity contribution in [1.29, 1.82) is 0 Å². The van der Waals surface area contributed by atoms with Crippen LogP contribution in [-0.2, 0) is 0 Å². The van der Waals surface area contributed by atoms with Gasteiger partial charge in [0, 0.05) is 11.6 Å². The van der Waals surface area contributed by atoms with Gasteiger partial charge in [0.05, 0.1) is 7.11 Å². The molecular weight excluding hydrogens is 224 g/mol. The summed E-state index contributed by atoms with van der Waals surface area (Å²) in [6.07, 6.45) is 1.05. The molecule has 3 nitrogen and oxygen atoms in total. The lowest BCUT2D eigenvalue weighted by Gasteiger charge is -2.20. The fourth-order valence-corrected chi connectivity index (χ4v) is 2.12. The molecule has 0 radical (unpaired) electrons. The van der Waals surface area contributed by atoms with Crippen LogP contribution < -0.4 is 15.4 Å². The highest BCUT2D eigenvalue weighted by Gasteiger charge is 2.15. The molecule has 0 fully saturated rings. The zero-order valence-electron chi connectivity index (χ0n) is 12.2. The molecule has 1 aromatic carbocycles. The lowest BCUT2D eigenvalue weighted by Crippen LogP contribution is -2.22. The van der Waals surface area contributed by atoms with Crippen LogP contribution in [-0.4, -0.2) is 27.7 Å². The molecule has 1 unspecified atom stereocenters. The summed E-state index contributed by atoms with van der Waals surface area (Å²) in [5.41, 5.74) is 2.55. The predicted molar refractivity (Wildman–Crippen MR) is 77.4 cm³/mol. The van der Waals surface area contributed by atoms with Crippen LogP contribution in [0.15, 0.2) is 18.2 Å². The van der Waals surface area contributed by atoms with E-state index < -0.39 is 0 Å². The van der Waals surface area contributed by atoms with E-state index in [0.717, 1.165) is 18.7 Å². The van der Waals surface area contributed by atoms with Crippen molar-refractivity contribution >= 4 is 0 Å². The zero-order valence-corrected chi connectivity index (χ0v) is 12.2. The highest BCUT2D eigenvalue weighted by Crippen LogP contribution is 2.30. The second-order valence-corrected chi connectivity index (χ2v) is 4.89. The molecule has 0 aromatic heterocycles. The van der Waals surface area contributed by atoms with Gasteiger partial charge in [0.15, 0.2) is 0 Å². The number of ether oxygens (including phenoxy) is 1. The van der Waals surface area contributed by atoms with Gasteiger partial charge in [-0.3, -0.25) is 0 Å². The average molecular weight is 250 g/mol. The quantitative estimate of drug-likeness (QED) is 0.780. The molecule has 3 heteroatoms. The molecule has 0 saturated heterocycles. The Kier molecular flexibility index (Phi) is 6.16. The van der Waals surface area contributed by atoms with Gasteiger partial charge in [-0.25, -0.2) is 0 Å². The maximum Gasteiger partial charge on any atom is 0.123 e. The van der Waals surface area contributed by atoms with Gasteiger partial charge >= 0.3 is 0 Å². The largest absolute Gasteiger partial charge is 0.496 e. The van der Waals surface area contributed by atoms with Crippen molar-refractivity contribution in [3.63, 3.8) is 0 Å². The monoisotopic (exact) mass is 250 g/mol. The van der Waals surface area contributed by atoms with E-state index in [1.807, 2.05) is 14.1 Å². The predicted octanol–water partition coefficient (Wildman–Crippen LogP) is 2.69. The summed E-state index contributed by atoms with van der Waals surface area (Å²) in [4.78, 5) is 0. The summed E-state index contributed by atoms with van der Waals surface area (Å²) in [5.74, 6) is 1.51. The van der Waals surface area contributed by atoms with E-state index in [2.05, 4.69) is 42.7 Å². The van der Waals surface area contributed by atoms with Crippen molar-refractivity contribution < 1.29 is 4.74 Å². The zero-order chi connectivity index (χ0) is 13.5. The molecule has 1 rings (SSSR count). The Labute approximate surface area is 111 Å². The van der Waals surface area contributed by atoms with Gasteiger partial charge in [0.25, 0.3) is 0 Å². The van der Waals surface area contributed by atoms with E-state index in [4.69, 9.17) is 4.74 Å². The third kappa shape index (κ3) is 3.72. The second kappa shape index (κ2) is 7.39. The van der Waals surface area contributed by atoms with Crippen LogP contribution in [0.3, 0.4) is 0 Å². The van der Waals surface area contributed by atoms with E-state index in [0.29, 0.717) is 12.0 Å². The minimum Gasteiger partial charge on any atom is -0.496 e. The Hall–Kier alpha value is -1.06. The lowest BCUT2D eigenvalue weighted by molar-refractivity contribution is 0.397. The number of benzene rings is 1. The van der Waals surface area contributed by atoms with Crippen molar-refractivity contribution in [2.75, 3.05) is 27.7 Å². The Morgan fingerprint density at radius 3 is 2.44 bits per heavy atom. The summed E-state index contributed by atoms with van der Waals surface area (Å²) in [6.45, 7) is 5.39. The van der Waals surface area contributed by atoms with Gasteiger partial charge in [-0.2, -0.15) is 0 Å². The van der Waals surface area contributed by atoms with E-state index in [1.54, 1.807) is 7.11 Å². The normalized spacial score (nSPS) is 12.8. The van der Waals surface area contributed by atoms with Crippen molar-refractivity contribution in [1.82, 2.24) is 10.6 Å². The number of nitrogens with one attached hydrogen (secondary N) is 2. The molecule has 0 amide bonds. The smallest absolute Gasteiger partial charge is 0.123 e. The highest BCUT2D eigenvalue weighted by molar-refractivity contribution is 5.40. The molecule has 0 aliphatic heterocycles. The number of methoxy groups -OCH3 is 1. The summed E-state index contributed by atoms with van der Waals surface area (Å²) < 4.78 is 5.54. The van der Waals surface area contributed by atoms with E-state index >= 15 is 0 Å². The summed E-state index contributed by atoms with van der Waals surface area (Å²) >= 11 is 0. The van der Waals surface area contributed by atoms with Crippen LogP contribution in [0.2, 0.25) is 0 Å². The van der Waals surface area contributed by atoms with Crippen LogP contribution >= 0.6 is 0 Å². The van der Waals surface area contributed by atoms with Crippen molar-refractivity contribution in [3.8, 4) is 5.75 Å². The summed E-state index contributed by atoms with van der Waals surface area (Å²) in [6, 6.07) is 6.87. The summed E-state index contributed by atoms with van der Waals surface area (Å²) in [7, 11) is 5.72. The standard InChI is InChI=1S/C15H26N2O/c1-11(2)12-6-7-13(15(10-12)18-5)14(17-4)8-9-16-3/h6-7,10-11,14,16-17H,8-9H2,1-5H3. The van der Waals surface area contributed by atoms with E-state index in [9.17, 15) is 0 Å². The molecule has 1 atom stereocenters. The van der Waals surface area contributed by atoms with Gasteiger partial charge in [0.2, 0.25) is 0 Å². The number of hydrogen-bond acceptors (Lipinski definition) is 3. The van der Waals surface area contributed by atoms with Crippen LogP contribution in [0.5, 0.6) is 5.75 Å². The van der Waals surface area contributed by atoms with Crippen molar-refractivity contribution in [2.45, 2.75) is 32.2 Å². The molecule has 0 spiro atoms. The fraction of sp³-hybridized carbons (Fsp3) is 0.600. The molecule has 1 aromatic rings. The van der Waals surface area contributed by atoms with Gasteiger partial charge in [-0.1, -0.05) is 26.0 Å². The van der Waals surface area contributed by atoms with Crippen molar-refractivity contribution in [3.05, 3.63) is 29.3 Å². The lowest BCUT2D eigenvalue weighted by atomic mass is 9.96. The van der Waals surface area contributed by atoms with Gasteiger partial charge in [0.1, 0.15) is 5.75 Å². The third-order valence-corrected chi connectivity index (χ3v) is 3.33. The first kappa shape index (κ1) is 15.0. The molecule has 0 aliphatic carbocycles. The van der Waals surface area contributed by atoms with Gasteiger partial charge in [-0.15, -0.1) is 0 Å². The fourth-order valence-electron chi connectivity index (χ4n) is 2.12. The van der Waals surface area contributed by atoms with Crippen LogP contribution in [0.25, 0.3) is 0 Å². The van der Waals surface area contributed by atoms with Gasteiger partial charge in [-0.05, 0) is 44.6 Å². The van der Waals surface area contributed by atoms with Crippen LogP contribution in [0.1, 0.15) is 43.4 Å². The highest BCUT2D eigenvalue weighted by atomic mass is 16.5. The number of hydrogen-bond donors (Lipinski definition) is 2. The first-order chi connectivity index (χ1) is 8.63. The van der Waals surface area contributed by atoms with E-state index in [-0.39, 0.29) is 0 Å². The SMILES string of the molecule is CNCCC(NC)c1ccc(C(C)C)cc1OC. The van der Waals surface area contributed by atoms with Crippen molar-refractivity contribution in [2.24, 2.45) is 0 Å². The Bertz CT molecular complexity index is 364. The van der Waals surface area contributed by atoms with E-state index in [1.165, 1.54) is 11.1 Å². The molecule has 0 aliphatic rings. The minimum atomic E-state index is 0.327. The minimum absolute atomic E-state index is 0.327. The molecule has 0 saturated carbocycles. The first-order valence-corrected chi connectivity index (χ1v) is 6.63. The maximum atomic E-state index is 5.54. The Morgan fingerprint density at radius 2 is 1.94 bits per heavy atom. The van der Waals surface area contributed by atoms with Crippen LogP contribution in [0.4, 0.5) is 0 Å². The molecule has 0 heterocycles. The molecular formula is C15H26N2O. The molecule has 18 heavy (non-hydrogen) atoms. The summed E-state index contributed by atoms with van der Waals surface area (Å²) in [5, 5.41) is 6.55. The Balaban J connectivity index is 2.98. The molecule has 102 valence electrons. The molecule has 0 bridgehead atoms. The second-order valence-electron chi connectivity index (χ2n) is 4.89. The maximum absolute atomic E-state index is 5.54. The van der Waals surface area contributed by atoms with Gasteiger partial charge < -0.3 is 15.4 Å². The first-order valence-electron chi connectivity index (χ1n) is 6.63. The molecule has 2 N–H and O–H groups in total. The Morgan fingerprint density at radius 1 is 1.22 bits per heavy atom. The third-order valence-electron chi connectivity index (χ3n) is 3.33.